The first kappa shape index (κ1) is 14.8. The Bertz CT molecular complexity index is 896. The number of aromatic nitrogens is 3. The molecule has 0 spiro atoms. The van der Waals surface area contributed by atoms with Crippen molar-refractivity contribution in [2.24, 2.45) is 0 Å². The van der Waals surface area contributed by atoms with E-state index in [4.69, 9.17) is 16.2 Å². The molecule has 0 unspecified atom stereocenters. The summed E-state index contributed by atoms with van der Waals surface area (Å²) in [6.07, 6.45) is 8.56. The number of methoxy groups -OCH3 is 1. The van der Waals surface area contributed by atoms with Gasteiger partial charge in [0.05, 0.1) is 18.2 Å². The molecule has 1 aliphatic rings. The molecule has 0 radical (unpaired) electrons. The summed E-state index contributed by atoms with van der Waals surface area (Å²) in [5.41, 5.74) is 15.8. The number of hydrogen-bond donors (Lipinski definition) is 2. The molecule has 0 amide bonds. The van der Waals surface area contributed by atoms with Crippen LogP contribution in [0.25, 0.3) is 22.2 Å². The van der Waals surface area contributed by atoms with Crippen LogP contribution in [0.1, 0.15) is 31.7 Å². The summed E-state index contributed by atoms with van der Waals surface area (Å²) in [6.45, 7) is 0. The molecule has 2 heterocycles. The minimum absolute atomic E-state index is 0.478. The lowest BCUT2D eigenvalue weighted by Crippen LogP contribution is -2.04. The Hall–Kier alpha value is -2.76. The molecular formula is C18H21N5O. The number of fused-ring (bicyclic) bond motifs is 1. The lowest BCUT2D eigenvalue weighted by atomic mass is 10.1. The zero-order valence-electron chi connectivity index (χ0n) is 13.7. The van der Waals surface area contributed by atoms with Crippen molar-refractivity contribution in [2.45, 2.75) is 31.7 Å². The van der Waals surface area contributed by atoms with Gasteiger partial charge in [0, 0.05) is 17.8 Å². The summed E-state index contributed by atoms with van der Waals surface area (Å²) < 4.78 is 7.51. The fourth-order valence-corrected chi connectivity index (χ4v) is 3.69. The molecule has 1 aliphatic carbocycles. The van der Waals surface area contributed by atoms with Gasteiger partial charge in [-0.3, -0.25) is 0 Å². The SMILES string of the molecule is COc1ccc(-c2cn(C3CCCC3)c3ncnc(N)c23)cc1N. The largest absolute Gasteiger partial charge is 0.495 e. The summed E-state index contributed by atoms with van der Waals surface area (Å²) in [4.78, 5) is 8.69. The number of benzene rings is 1. The quantitative estimate of drug-likeness (QED) is 0.721. The number of rotatable bonds is 3. The lowest BCUT2D eigenvalue weighted by molar-refractivity contribution is 0.417. The molecule has 124 valence electrons. The molecule has 2 aromatic heterocycles. The van der Waals surface area contributed by atoms with E-state index in [1.54, 1.807) is 7.11 Å². The Morgan fingerprint density at radius 2 is 1.96 bits per heavy atom. The molecule has 6 nitrogen and oxygen atoms in total. The van der Waals surface area contributed by atoms with Crippen LogP contribution in [0.5, 0.6) is 5.75 Å². The van der Waals surface area contributed by atoms with Gasteiger partial charge in [-0.1, -0.05) is 18.9 Å². The van der Waals surface area contributed by atoms with E-state index in [-0.39, 0.29) is 0 Å². The lowest BCUT2D eigenvalue weighted by Gasteiger charge is -2.12. The normalized spacial score (nSPS) is 15.2. The Balaban J connectivity index is 1.93. The zero-order chi connectivity index (χ0) is 16.7. The smallest absolute Gasteiger partial charge is 0.146 e. The van der Waals surface area contributed by atoms with Gasteiger partial charge in [-0.05, 0) is 30.5 Å². The Morgan fingerprint density at radius 3 is 2.67 bits per heavy atom. The van der Waals surface area contributed by atoms with Gasteiger partial charge >= 0.3 is 0 Å². The maximum absolute atomic E-state index is 6.18. The van der Waals surface area contributed by atoms with E-state index in [0.717, 1.165) is 22.2 Å². The monoisotopic (exact) mass is 323 g/mol. The van der Waals surface area contributed by atoms with Crippen molar-refractivity contribution < 1.29 is 4.74 Å². The second-order valence-electron chi connectivity index (χ2n) is 6.30. The van der Waals surface area contributed by atoms with E-state index >= 15 is 0 Å². The van der Waals surface area contributed by atoms with Crippen LogP contribution >= 0.6 is 0 Å². The maximum Gasteiger partial charge on any atom is 0.146 e. The van der Waals surface area contributed by atoms with Crippen LogP contribution < -0.4 is 16.2 Å². The first-order valence-electron chi connectivity index (χ1n) is 8.24. The Kier molecular flexibility index (Phi) is 3.52. The maximum atomic E-state index is 6.18. The van der Waals surface area contributed by atoms with Crippen LogP contribution in [-0.2, 0) is 0 Å². The number of ether oxygens (including phenoxy) is 1. The van der Waals surface area contributed by atoms with Crippen molar-refractivity contribution >= 4 is 22.5 Å². The highest BCUT2D eigenvalue weighted by Gasteiger charge is 2.23. The number of nitrogen functional groups attached to an aromatic ring is 2. The van der Waals surface area contributed by atoms with Gasteiger partial charge in [0.15, 0.2) is 0 Å². The van der Waals surface area contributed by atoms with Gasteiger partial charge in [-0.25, -0.2) is 9.97 Å². The molecule has 1 saturated carbocycles. The van der Waals surface area contributed by atoms with Crippen molar-refractivity contribution in [3.8, 4) is 16.9 Å². The molecule has 24 heavy (non-hydrogen) atoms. The first-order chi connectivity index (χ1) is 11.7. The van der Waals surface area contributed by atoms with Crippen LogP contribution in [0.4, 0.5) is 11.5 Å². The van der Waals surface area contributed by atoms with Crippen LogP contribution in [0, 0.1) is 0 Å². The molecule has 0 aliphatic heterocycles. The van der Waals surface area contributed by atoms with E-state index in [0.29, 0.717) is 23.3 Å². The molecule has 0 saturated heterocycles. The fraction of sp³-hybridized carbons (Fsp3) is 0.333. The van der Waals surface area contributed by atoms with E-state index in [1.165, 1.54) is 32.0 Å². The predicted molar refractivity (Wildman–Crippen MR) is 95.8 cm³/mol. The summed E-state index contributed by atoms with van der Waals surface area (Å²) in [5, 5.41) is 0.897. The molecule has 1 aromatic carbocycles. The molecule has 1 fully saturated rings. The minimum atomic E-state index is 0.478. The zero-order valence-corrected chi connectivity index (χ0v) is 13.7. The molecule has 4 N–H and O–H groups in total. The summed E-state index contributed by atoms with van der Waals surface area (Å²) >= 11 is 0. The average Bonchev–Trinajstić information content (AvgIpc) is 3.22. The van der Waals surface area contributed by atoms with Gasteiger partial charge in [-0.2, -0.15) is 0 Å². The van der Waals surface area contributed by atoms with Crippen LogP contribution in [0.3, 0.4) is 0 Å². The highest BCUT2D eigenvalue weighted by molar-refractivity contribution is 6.01. The number of nitrogens with two attached hydrogens (primary N) is 2. The summed E-state index contributed by atoms with van der Waals surface area (Å²) in [7, 11) is 1.61. The van der Waals surface area contributed by atoms with E-state index in [2.05, 4.69) is 20.7 Å². The van der Waals surface area contributed by atoms with E-state index in [1.807, 2.05) is 18.2 Å². The minimum Gasteiger partial charge on any atom is -0.495 e. The van der Waals surface area contributed by atoms with E-state index < -0.39 is 0 Å². The van der Waals surface area contributed by atoms with Gasteiger partial charge in [0.25, 0.3) is 0 Å². The van der Waals surface area contributed by atoms with Crippen molar-refractivity contribution in [1.29, 1.82) is 0 Å². The highest BCUT2D eigenvalue weighted by Crippen LogP contribution is 2.39. The Morgan fingerprint density at radius 1 is 1.17 bits per heavy atom. The molecule has 3 aromatic rings. The standard InChI is InChI=1S/C18H21N5O/c1-24-15-7-6-11(8-14(15)19)13-9-23(12-4-2-3-5-12)18-16(13)17(20)21-10-22-18/h6-10,12H,2-5,19H2,1H3,(H2,20,21,22). The summed E-state index contributed by atoms with van der Waals surface area (Å²) in [5.74, 6) is 1.17. The Labute approximate surface area is 140 Å². The number of hydrogen-bond acceptors (Lipinski definition) is 5. The van der Waals surface area contributed by atoms with Crippen LogP contribution in [0.15, 0.2) is 30.7 Å². The molecule has 0 bridgehead atoms. The number of anilines is 2. The third kappa shape index (κ3) is 2.26. The third-order valence-electron chi connectivity index (χ3n) is 4.90. The fourth-order valence-electron chi connectivity index (χ4n) is 3.69. The van der Waals surface area contributed by atoms with Gasteiger partial charge < -0.3 is 20.8 Å². The third-order valence-corrected chi connectivity index (χ3v) is 4.90. The molecule has 0 atom stereocenters. The van der Waals surface area contributed by atoms with Crippen LogP contribution in [0.2, 0.25) is 0 Å². The predicted octanol–water partition coefficient (Wildman–Crippen LogP) is 3.39. The van der Waals surface area contributed by atoms with Gasteiger partial charge in [0.2, 0.25) is 0 Å². The van der Waals surface area contributed by atoms with Crippen LogP contribution in [-0.4, -0.2) is 21.6 Å². The second kappa shape index (κ2) is 5.70. The van der Waals surface area contributed by atoms with Gasteiger partial charge in [-0.15, -0.1) is 0 Å². The topological polar surface area (TPSA) is 92.0 Å². The molecule has 4 rings (SSSR count). The van der Waals surface area contributed by atoms with Crippen molar-refractivity contribution in [1.82, 2.24) is 14.5 Å². The van der Waals surface area contributed by atoms with Crippen molar-refractivity contribution in [3.63, 3.8) is 0 Å². The van der Waals surface area contributed by atoms with Crippen molar-refractivity contribution in [3.05, 3.63) is 30.7 Å². The van der Waals surface area contributed by atoms with E-state index in [9.17, 15) is 0 Å². The van der Waals surface area contributed by atoms with Gasteiger partial charge in [0.1, 0.15) is 23.5 Å². The molecular weight excluding hydrogens is 302 g/mol. The number of nitrogens with zero attached hydrogens (tertiary/aromatic N) is 3. The highest BCUT2D eigenvalue weighted by atomic mass is 16.5. The average molecular weight is 323 g/mol. The molecule has 6 heteroatoms. The summed E-state index contributed by atoms with van der Waals surface area (Å²) in [6, 6.07) is 6.27. The second-order valence-corrected chi connectivity index (χ2v) is 6.30. The van der Waals surface area contributed by atoms with Crippen molar-refractivity contribution in [2.75, 3.05) is 18.6 Å². The first-order valence-corrected chi connectivity index (χ1v) is 8.24.